The molecule has 1 aliphatic rings. The predicted octanol–water partition coefficient (Wildman–Crippen LogP) is 13.4. The largest absolute Gasteiger partial charge is 0.387 e. The number of fused-ring (bicyclic) bond motifs is 6. The Bertz CT molecular complexity index is 2560. The van der Waals surface area contributed by atoms with E-state index in [1.807, 2.05) is 26.8 Å². The van der Waals surface area contributed by atoms with E-state index in [4.69, 9.17) is 4.99 Å². The highest BCUT2D eigenvalue weighted by Gasteiger charge is 2.21. The number of benzene rings is 7. The Morgan fingerprint density at radius 3 is 1.83 bits per heavy atom. The molecule has 0 aliphatic carbocycles. The lowest BCUT2D eigenvalue weighted by Crippen LogP contribution is -2.28. The SMILES string of the molecule is CC.CC=C=CC1C=CNC1Cc1ccc(C(C)N=C(/C=C(\C)c2cc3ccccc3c3ccccc23)c2cc3ccccc3c3ccccc23)cc1. The molecule has 3 unspecified atom stereocenters. The molecule has 3 atom stereocenters. The van der Waals surface area contributed by atoms with Gasteiger partial charge < -0.3 is 5.32 Å². The monoisotopic (exact) mass is 688 g/mol. The van der Waals surface area contributed by atoms with Gasteiger partial charge in [0.25, 0.3) is 0 Å². The van der Waals surface area contributed by atoms with Crippen molar-refractivity contribution in [2.24, 2.45) is 10.9 Å². The molecule has 0 saturated heterocycles. The highest BCUT2D eigenvalue weighted by Crippen LogP contribution is 2.35. The number of nitrogens with zero attached hydrogens (tertiary/aromatic N) is 1. The second kappa shape index (κ2) is 16.2. The van der Waals surface area contributed by atoms with Crippen LogP contribution in [0.5, 0.6) is 0 Å². The molecule has 1 aliphatic heterocycles. The van der Waals surface area contributed by atoms with Crippen LogP contribution in [0.4, 0.5) is 0 Å². The Morgan fingerprint density at radius 2 is 1.23 bits per heavy atom. The van der Waals surface area contributed by atoms with Crippen LogP contribution in [0.3, 0.4) is 0 Å². The number of allylic oxidation sites excluding steroid dienone is 2. The van der Waals surface area contributed by atoms with Gasteiger partial charge in [-0.2, -0.15) is 0 Å². The fraction of sp³-hybridized carbons (Fsp3) is 0.176. The Morgan fingerprint density at radius 1 is 0.698 bits per heavy atom. The Balaban J connectivity index is 0.00000214. The third-order valence-corrected chi connectivity index (χ3v) is 10.4. The van der Waals surface area contributed by atoms with Crippen molar-refractivity contribution < 1.29 is 0 Å². The molecule has 7 aromatic carbocycles. The summed E-state index contributed by atoms with van der Waals surface area (Å²) in [7, 11) is 0. The van der Waals surface area contributed by atoms with Crippen LogP contribution in [0.15, 0.2) is 175 Å². The summed E-state index contributed by atoms with van der Waals surface area (Å²) in [5, 5.41) is 13.5. The maximum atomic E-state index is 5.56. The summed E-state index contributed by atoms with van der Waals surface area (Å²) in [4.78, 5) is 5.56. The molecule has 2 heteroatoms. The number of hydrogen-bond acceptors (Lipinski definition) is 2. The van der Waals surface area contributed by atoms with Gasteiger partial charge in [0.05, 0.1) is 11.8 Å². The molecule has 0 spiro atoms. The second-order valence-electron chi connectivity index (χ2n) is 13.7. The van der Waals surface area contributed by atoms with E-state index in [0.717, 1.165) is 17.7 Å². The quantitative estimate of drug-likeness (QED) is 0.0959. The fourth-order valence-electron chi connectivity index (χ4n) is 7.69. The third kappa shape index (κ3) is 7.38. The fourth-order valence-corrected chi connectivity index (χ4v) is 7.69. The second-order valence-corrected chi connectivity index (χ2v) is 13.7. The molecule has 0 bridgehead atoms. The molecule has 1 N–H and O–H groups in total. The first-order valence-electron chi connectivity index (χ1n) is 19.0. The van der Waals surface area contributed by atoms with Crippen LogP contribution in [0.25, 0.3) is 48.7 Å². The molecule has 1 heterocycles. The first kappa shape index (κ1) is 35.5. The van der Waals surface area contributed by atoms with Crippen LogP contribution in [-0.2, 0) is 6.42 Å². The molecule has 8 rings (SSSR count). The highest BCUT2D eigenvalue weighted by atomic mass is 14.9. The van der Waals surface area contributed by atoms with E-state index in [-0.39, 0.29) is 6.04 Å². The van der Waals surface area contributed by atoms with Gasteiger partial charge in [0.1, 0.15) is 0 Å². The molecule has 0 aromatic heterocycles. The predicted molar refractivity (Wildman–Crippen MR) is 231 cm³/mol. The third-order valence-electron chi connectivity index (χ3n) is 10.4. The first-order valence-corrected chi connectivity index (χ1v) is 19.0. The van der Waals surface area contributed by atoms with Crippen molar-refractivity contribution in [2.45, 2.75) is 53.1 Å². The van der Waals surface area contributed by atoms with Gasteiger partial charge in [0.2, 0.25) is 0 Å². The minimum Gasteiger partial charge on any atom is -0.387 e. The zero-order valence-electron chi connectivity index (χ0n) is 31.5. The zero-order chi connectivity index (χ0) is 36.7. The minimum absolute atomic E-state index is 0.0478. The van der Waals surface area contributed by atoms with Gasteiger partial charge in [-0.3, -0.25) is 4.99 Å². The van der Waals surface area contributed by atoms with Crippen molar-refractivity contribution >= 4 is 54.4 Å². The van der Waals surface area contributed by atoms with E-state index < -0.39 is 0 Å². The molecule has 0 amide bonds. The molecule has 7 aromatic rings. The molecular formula is C51H48N2. The molecule has 0 radical (unpaired) electrons. The van der Waals surface area contributed by atoms with Crippen molar-refractivity contribution in [1.29, 1.82) is 0 Å². The van der Waals surface area contributed by atoms with Gasteiger partial charge >= 0.3 is 0 Å². The molecule has 262 valence electrons. The molecule has 0 saturated carbocycles. The molecular weight excluding hydrogens is 641 g/mol. The highest BCUT2D eigenvalue weighted by molar-refractivity contribution is 6.24. The van der Waals surface area contributed by atoms with Crippen LogP contribution in [0.2, 0.25) is 0 Å². The van der Waals surface area contributed by atoms with Gasteiger partial charge in [-0.15, -0.1) is 5.73 Å². The van der Waals surface area contributed by atoms with Crippen LogP contribution in [-0.4, -0.2) is 11.8 Å². The van der Waals surface area contributed by atoms with Crippen LogP contribution < -0.4 is 5.32 Å². The van der Waals surface area contributed by atoms with E-state index >= 15 is 0 Å². The van der Waals surface area contributed by atoms with Crippen molar-refractivity contribution in [3.05, 3.63) is 192 Å². The summed E-state index contributed by atoms with van der Waals surface area (Å²) in [6, 6.07) is 48.9. The summed E-state index contributed by atoms with van der Waals surface area (Å²) >= 11 is 0. The zero-order valence-corrected chi connectivity index (χ0v) is 31.5. The van der Waals surface area contributed by atoms with Gasteiger partial charge in [-0.25, -0.2) is 0 Å². The van der Waals surface area contributed by atoms with Gasteiger partial charge in [0, 0.05) is 17.5 Å². The van der Waals surface area contributed by atoms with Gasteiger partial charge in [-0.05, 0) is 129 Å². The van der Waals surface area contributed by atoms with E-state index in [1.165, 1.54) is 65.4 Å². The van der Waals surface area contributed by atoms with Crippen molar-refractivity contribution in [1.82, 2.24) is 5.32 Å². The summed E-state index contributed by atoms with van der Waals surface area (Å²) in [6.45, 7) is 10.5. The lowest BCUT2D eigenvalue weighted by molar-refractivity contribution is 0.546. The van der Waals surface area contributed by atoms with Crippen molar-refractivity contribution in [2.75, 3.05) is 0 Å². The smallest absolute Gasteiger partial charge is 0.0728 e. The Kier molecular flexibility index (Phi) is 10.8. The number of aliphatic imine (C=N–C) groups is 1. The lowest BCUT2D eigenvalue weighted by Gasteiger charge is -2.18. The van der Waals surface area contributed by atoms with E-state index in [2.05, 4.69) is 183 Å². The minimum atomic E-state index is -0.0478. The maximum Gasteiger partial charge on any atom is 0.0728 e. The Labute approximate surface area is 314 Å². The van der Waals surface area contributed by atoms with E-state index in [1.54, 1.807) is 0 Å². The van der Waals surface area contributed by atoms with Crippen molar-refractivity contribution in [3.8, 4) is 0 Å². The van der Waals surface area contributed by atoms with Crippen LogP contribution in [0.1, 0.15) is 62.9 Å². The summed E-state index contributed by atoms with van der Waals surface area (Å²) in [6.07, 6.45) is 11.7. The number of nitrogens with one attached hydrogen (secondary N) is 1. The average molecular weight is 689 g/mol. The Hall–Kier alpha value is -5.95. The first-order chi connectivity index (χ1) is 26.1. The van der Waals surface area contributed by atoms with E-state index in [9.17, 15) is 0 Å². The number of rotatable bonds is 8. The molecule has 0 fully saturated rings. The van der Waals surface area contributed by atoms with Crippen LogP contribution >= 0.6 is 0 Å². The topological polar surface area (TPSA) is 24.4 Å². The summed E-state index contributed by atoms with van der Waals surface area (Å²) in [5.74, 6) is 0.346. The van der Waals surface area contributed by atoms with Crippen LogP contribution in [0, 0.1) is 5.92 Å². The number of hydrogen-bond donors (Lipinski definition) is 1. The average Bonchev–Trinajstić information content (AvgIpc) is 3.66. The molecule has 53 heavy (non-hydrogen) atoms. The van der Waals surface area contributed by atoms with Gasteiger partial charge in [-0.1, -0.05) is 141 Å². The van der Waals surface area contributed by atoms with E-state index in [0.29, 0.717) is 12.0 Å². The molecule has 2 nitrogen and oxygen atoms in total. The van der Waals surface area contributed by atoms with Gasteiger partial charge in [0.15, 0.2) is 0 Å². The lowest BCUT2D eigenvalue weighted by atomic mass is 9.91. The summed E-state index contributed by atoms with van der Waals surface area (Å²) < 4.78 is 0. The summed E-state index contributed by atoms with van der Waals surface area (Å²) in [5.41, 5.74) is 10.3. The normalized spacial score (nSPS) is 16.2. The standard InChI is InChI=1S/C49H42N2.C2H6/c1-4-5-14-37-27-28-50-48(37)30-35-23-25-36(26-24-35)34(3)51-49(47-32-39-16-7-9-18-41(39)43-20-11-13-22-45(43)47)29-33(2)46-31-38-15-6-8-17-40(38)42-19-10-12-21-44(42)46;1-2/h4,6-29,31-32,34,37,48,50H,30H2,1-3H3;1-2H3/b33-29+,51-49?;. The van der Waals surface area contributed by atoms with Crippen molar-refractivity contribution in [3.63, 3.8) is 0 Å². The maximum absolute atomic E-state index is 5.56.